The molecule has 0 unspecified atom stereocenters. The highest BCUT2D eigenvalue weighted by atomic mass is 16.5. The summed E-state index contributed by atoms with van der Waals surface area (Å²) < 4.78 is 15.3. The quantitative estimate of drug-likeness (QED) is 0.302. The third-order valence-electron chi connectivity index (χ3n) is 8.09. The highest BCUT2D eigenvalue weighted by Gasteiger charge is 2.35. The molecule has 0 saturated carbocycles. The van der Waals surface area contributed by atoms with Crippen molar-refractivity contribution in [1.29, 1.82) is 0 Å². The number of ether oxygens (including phenoxy) is 2. The number of fused-ring (bicyclic) bond motifs is 10. The molecule has 2 N–H and O–H groups in total. The number of nitrogens with zero attached hydrogens (tertiary/aromatic N) is 3. The first-order valence-electron chi connectivity index (χ1n) is 13.3. The molecule has 5 aromatic rings. The van der Waals surface area contributed by atoms with Crippen molar-refractivity contribution < 1.29 is 14.3 Å². The van der Waals surface area contributed by atoms with Crippen molar-refractivity contribution in [3.63, 3.8) is 0 Å². The smallest absolute Gasteiger partial charge is 0.252 e. The van der Waals surface area contributed by atoms with Gasteiger partial charge >= 0.3 is 0 Å². The summed E-state index contributed by atoms with van der Waals surface area (Å²) in [4.78, 5) is 13.3. The van der Waals surface area contributed by atoms with E-state index in [4.69, 9.17) is 14.6 Å². The summed E-state index contributed by atoms with van der Waals surface area (Å²) in [6.07, 6.45) is 3.79. The number of aromatic nitrogens is 3. The van der Waals surface area contributed by atoms with Gasteiger partial charge in [0.15, 0.2) is 0 Å². The van der Waals surface area contributed by atoms with E-state index in [1.165, 1.54) is 22.0 Å². The van der Waals surface area contributed by atoms with Crippen molar-refractivity contribution in [3.05, 3.63) is 65.0 Å². The van der Waals surface area contributed by atoms with Gasteiger partial charge < -0.3 is 24.7 Å². The Hall–Kier alpha value is -4.46. The van der Waals surface area contributed by atoms with Crippen LogP contribution in [0.3, 0.4) is 0 Å². The number of hydrogen-bond acceptors (Lipinski definition) is 5. The maximum absolute atomic E-state index is 13.3. The van der Waals surface area contributed by atoms with Crippen molar-refractivity contribution in [2.24, 2.45) is 7.05 Å². The molecule has 2 aromatic heterocycles. The predicted molar refractivity (Wildman–Crippen MR) is 153 cm³/mol. The first kappa shape index (κ1) is 23.6. The van der Waals surface area contributed by atoms with Gasteiger partial charge in [0, 0.05) is 65.0 Å². The molecule has 7 rings (SSSR count). The number of aryl methyl sites for hydroxylation is 3. The molecule has 0 spiro atoms. The lowest BCUT2D eigenvalue weighted by Crippen LogP contribution is -2.15. The Kier molecular flexibility index (Phi) is 5.17. The Morgan fingerprint density at radius 2 is 1.87 bits per heavy atom. The van der Waals surface area contributed by atoms with E-state index in [1.54, 1.807) is 14.2 Å². The van der Waals surface area contributed by atoms with Gasteiger partial charge in [-0.1, -0.05) is 0 Å². The van der Waals surface area contributed by atoms with E-state index in [0.29, 0.717) is 12.3 Å². The van der Waals surface area contributed by atoms with E-state index in [9.17, 15) is 4.79 Å². The van der Waals surface area contributed by atoms with Crippen LogP contribution in [0, 0.1) is 0 Å². The number of nitrogens with one attached hydrogen (secondary N) is 2. The molecule has 2 aliphatic rings. The summed E-state index contributed by atoms with van der Waals surface area (Å²) in [6, 6.07) is 12.5. The minimum Gasteiger partial charge on any atom is -0.497 e. The lowest BCUT2D eigenvalue weighted by molar-refractivity contribution is 0.0966. The Morgan fingerprint density at radius 3 is 2.64 bits per heavy atom. The number of benzene rings is 3. The van der Waals surface area contributed by atoms with Gasteiger partial charge in [-0.2, -0.15) is 5.10 Å². The topological polar surface area (TPSA) is 82.3 Å². The number of amides is 1. The SMILES string of the molecule is COc1ccc(Nc2ccc3c(c2)c2c4c(c5c(c2n3C(C)C)CCc2nn(C)cc2-5)C(=O)NC4)c(OC)c1. The molecule has 1 aliphatic heterocycles. The Bertz CT molecular complexity index is 1830. The molecule has 1 amide bonds. The lowest BCUT2D eigenvalue weighted by atomic mass is 9.82. The normalized spacial score (nSPS) is 13.9. The van der Waals surface area contributed by atoms with Crippen LogP contribution in [0.15, 0.2) is 42.6 Å². The Morgan fingerprint density at radius 1 is 1.03 bits per heavy atom. The molecule has 198 valence electrons. The zero-order valence-electron chi connectivity index (χ0n) is 22.8. The zero-order chi connectivity index (χ0) is 27.0. The van der Waals surface area contributed by atoms with Crippen molar-refractivity contribution in [1.82, 2.24) is 19.7 Å². The fourth-order valence-electron chi connectivity index (χ4n) is 6.53. The molecule has 3 heterocycles. The van der Waals surface area contributed by atoms with Crippen LogP contribution in [0.4, 0.5) is 11.4 Å². The van der Waals surface area contributed by atoms with Gasteiger partial charge in [-0.15, -0.1) is 0 Å². The number of carbonyl (C=O) groups excluding carboxylic acids is 1. The first-order valence-corrected chi connectivity index (χ1v) is 13.3. The average Bonchev–Trinajstić information content (AvgIpc) is 3.60. The van der Waals surface area contributed by atoms with Crippen LogP contribution in [-0.2, 0) is 26.4 Å². The monoisotopic (exact) mass is 521 g/mol. The molecule has 8 nitrogen and oxygen atoms in total. The van der Waals surface area contributed by atoms with E-state index >= 15 is 0 Å². The van der Waals surface area contributed by atoms with Gasteiger partial charge in [-0.25, -0.2) is 0 Å². The number of rotatable bonds is 5. The van der Waals surface area contributed by atoms with E-state index in [1.807, 2.05) is 29.9 Å². The fraction of sp³-hybridized carbons (Fsp3) is 0.290. The van der Waals surface area contributed by atoms with Gasteiger partial charge in [-0.05, 0) is 68.1 Å². The first-order chi connectivity index (χ1) is 18.9. The molecule has 3 aromatic carbocycles. The molecule has 0 saturated heterocycles. The van der Waals surface area contributed by atoms with E-state index in [2.05, 4.69) is 53.4 Å². The van der Waals surface area contributed by atoms with Crippen molar-refractivity contribution in [2.45, 2.75) is 39.3 Å². The fourth-order valence-corrected chi connectivity index (χ4v) is 6.53. The number of hydrogen-bond donors (Lipinski definition) is 2. The highest BCUT2D eigenvalue weighted by Crippen LogP contribution is 2.48. The Balaban J connectivity index is 1.51. The molecule has 0 bridgehead atoms. The van der Waals surface area contributed by atoms with Crippen molar-refractivity contribution in [3.8, 4) is 22.6 Å². The van der Waals surface area contributed by atoms with Crippen LogP contribution in [0.2, 0.25) is 0 Å². The number of anilines is 2. The number of carbonyl (C=O) groups is 1. The van der Waals surface area contributed by atoms with Gasteiger partial charge in [0.1, 0.15) is 11.5 Å². The molecular weight excluding hydrogens is 490 g/mol. The second-order valence-electron chi connectivity index (χ2n) is 10.7. The van der Waals surface area contributed by atoms with Gasteiger partial charge in [0.25, 0.3) is 5.91 Å². The summed E-state index contributed by atoms with van der Waals surface area (Å²) >= 11 is 0. The minimum atomic E-state index is 0.00236. The molecule has 1 aliphatic carbocycles. The summed E-state index contributed by atoms with van der Waals surface area (Å²) in [5.74, 6) is 1.45. The molecule has 0 atom stereocenters. The van der Waals surface area contributed by atoms with E-state index in [0.717, 1.165) is 63.3 Å². The largest absolute Gasteiger partial charge is 0.497 e. The summed E-state index contributed by atoms with van der Waals surface area (Å²) in [5, 5.41) is 13.7. The molecule has 39 heavy (non-hydrogen) atoms. The second kappa shape index (κ2) is 8.53. The van der Waals surface area contributed by atoms with Crippen LogP contribution in [0.5, 0.6) is 11.5 Å². The van der Waals surface area contributed by atoms with Gasteiger partial charge in [0.2, 0.25) is 0 Å². The summed E-state index contributed by atoms with van der Waals surface area (Å²) in [6.45, 7) is 4.98. The van der Waals surface area contributed by atoms with Crippen LogP contribution in [0.1, 0.15) is 47.1 Å². The zero-order valence-corrected chi connectivity index (χ0v) is 22.8. The Labute approximate surface area is 226 Å². The van der Waals surface area contributed by atoms with E-state index < -0.39 is 0 Å². The number of methoxy groups -OCH3 is 2. The van der Waals surface area contributed by atoms with Crippen LogP contribution >= 0.6 is 0 Å². The maximum atomic E-state index is 13.3. The average molecular weight is 522 g/mol. The van der Waals surface area contributed by atoms with Gasteiger partial charge in [-0.3, -0.25) is 9.48 Å². The van der Waals surface area contributed by atoms with Crippen LogP contribution in [0.25, 0.3) is 32.9 Å². The van der Waals surface area contributed by atoms with Crippen molar-refractivity contribution in [2.75, 3.05) is 19.5 Å². The van der Waals surface area contributed by atoms with Crippen molar-refractivity contribution >= 4 is 39.1 Å². The van der Waals surface area contributed by atoms with Crippen LogP contribution in [-0.4, -0.2) is 34.5 Å². The lowest BCUT2D eigenvalue weighted by Gasteiger charge is -2.22. The second-order valence-corrected chi connectivity index (χ2v) is 10.7. The third kappa shape index (κ3) is 3.37. The maximum Gasteiger partial charge on any atom is 0.252 e. The molecule has 0 fully saturated rings. The van der Waals surface area contributed by atoms with Gasteiger partial charge in [0.05, 0.1) is 36.7 Å². The molecular formula is C31H31N5O3. The summed E-state index contributed by atoms with van der Waals surface area (Å²) in [5.41, 5.74) is 10.6. The highest BCUT2D eigenvalue weighted by molar-refractivity contribution is 6.20. The standard InChI is InChI=1S/C31H31N5O3/c1-16(2)36-25-11-6-17(33-24-9-7-18(38-4)13-26(24)39-5)12-20(25)28-21-14-32-31(37)29(21)27-19(30(28)36)8-10-23-22(27)15-35(3)34-23/h6-7,9,11-13,15-16,33H,8,10,14H2,1-5H3,(H,32,37). The van der Waals surface area contributed by atoms with Crippen LogP contribution < -0.4 is 20.1 Å². The molecule has 0 radical (unpaired) electrons. The third-order valence-corrected chi connectivity index (χ3v) is 8.09. The minimum absolute atomic E-state index is 0.00236. The predicted octanol–water partition coefficient (Wildman–Crippen LogP) is 5.88. The van der Waals surface area contributed by atoms with E-state index in [-0.39, 0.29) is 11.9 Å². The summed E-state index contributed by atoms with van der Waals surface area (Å²) in [7, 11) is 5.25. The molecule has 8 heteroatoms.